The summed E-state index contributed by atoms with van der Waals surface area (Å²) in [6.45, 7) is 17.0. The quantitative estimate of drug-likeness (QED) is 0.200. The average Bonchev–Trinajstić information content (AvgIpc) is 3.03. The van der Waals surface area contributed by atoms with Crippen LogP contribution < -0.4 is 0 Å². The fourth-order valence-corrected chi connectivity index (χ4v) is 4.59. The standard InChI is InChI=1S/C28H32N2.C9H11FO.C2H6/c1-6-7-13-28(26-12-9-16-29-19-26)30-22(5)27-15-14-25(17-21(27)4)24-11-8-10-23(18-24)20(2)3;1-2-3-7-4-5-8(10)9(11)6-7;1-2/h8-20H,6-7H2,1-5H3;4-6,11H,2-3H2,1H3;1-2H3/b28-13+,30-22?;;. The van der Waals surface area contributed by atoms with Gasteiger partial charge in [0.2, 0.25) is 0 Å². The van der Waals surface area contributed by atoms with Crippen LogP contribution >= 0.6 is 0 Å². The summed E-state index contributed by atoms with van der Waals surface area (Å²) in [5.41, 5.74) is 10.4. The lowest BCUT2D eigenvalue weighted by Gasteiger charge is -2.12. The Balaban J connectivity index is 0.000000415. The van der Waals surface area contributed by atoms with E-state index in [9.17, 15) is 4.39 Å². The molecular formula is C39H49FN2O. The average molecular weight is 581 g/mol. The molecule has 4 aromatic rings. The van der Waals surface area contributed by atoms with Gasteiger partial charge in [0.25, 0.3) is 0 Å². The molecule has 0 unspecified atom stereocenters. The molecular weight excluding hydrogens is 531 g/mol. The number of aromatic hydroxyl groups is 1. The molecule has 0 radical (unpaired) electrons. The van der Waals surface area contributed by atoms with Gasteiger partial charge in [0.05, 0.1) is 5.70 Å². The Labute approximate surface area is 259 Å². The van der Waals surface area contributed by atoms with Crippen molar-refractivity contribution in [1.82, 2.24) is 4.98 Å². The van der Waals surface area contributed by atoms with Crippen LogP contribution in [-0.2, 0) is 6.42 Å². The SMILES string of the molecule is CC.CCC/C=C(/N=C(C)c1ccc(-c2cccc(C(C)C)c2)cc1C)c1cccnc1.CCCc1ccc(F)c(O)c1. The Morgan fingerprint density at radius 1 is 0.930 bits per heavy atom. The van der Waals surface area contributed by atoms with Crippen LogP contribution in [0.5, 0.6) is 5.75 Å². The highest BCUT2D eigenvalue weighted by Gasteiger charge is 2.09. The molecule has 1 aromatic heterocycles. The summed E-state index contributed by atoms with van der Waals surface area (Å²) in [6, 6.07) is 24.0. The monoisotopic (exact) mass is 580 g/mol. The number of allylic oxidation sites excluding steroid dienone is 1. The van der Waals surface area contributed by atoms with Crippen LogP contribution in [0.1, 0.15) is 101 Å². The number of pyridine rings is 1. The second-order valence-corrected chi connectivity index (χ2v) is 10.7. The van der Waals surface area contributed by atoms with Crippen LogP contribution in [0.25, 0.3) is 16.8 Å². The number of nitrogens with zero attached hydrogens (tertiary/aromatic N) is 2. The molecule has 0 bridgehead atoms. The lowest BCUT2D eigenvalue weighted by atomic mass is 9.94. The van der Waals surface area contributed by atoms with E-state index in [2.05, 4.69) is 94.2 Å². The topological polar surface area (TPSA) is 45.5 Å². The van der Waals surface area contributed by atoms with Crippen molar-refractivity contribution in [1.29, 1.82) is 0 Å². The highest BCUT2D eigenvalue weighted by Crippen LogP contribution is 2.27. The van der Waals surface area contributed by atoms with E-state index in [0.717, 1.165) is 48.2 Å². The number of unbranched alkanes of at least 4 members (excludes halogenated alkanes) is 1. The van der Waals surface area contributed by atoms with Crippen molar-refractivity contribution in [2.45, 2.75) is 87.0 Å². The molecule has 1 heterocycles. The molecule has 4 rings (SSSR count). The number of aromatic nitrogens is 1. The zero-order valence-corrected chi connectivity index (χ0v) is 27.3. The molecule has 0 amide bonds. The number of phenols is 1. The lowest BCUT2D eigenvalue weighted by Crippen LogP contribution is -2.00. The van der Waals surface area contributed by atoms with Gasteiger partial charge in [-0.15, -0.1) is 0 Å². The normalized spacial score (nSPS) is 11.4. The third-order valence-electron chi connectivity index (χ3n) is 6.92. The van der Waals surface area contributed by atoms with Crippen LogP contribution in [0, 0.1) is 12.7 Å². The van der Waals surface area contributed by atoms with Gasteiger partial charge in [0, 0.05) is 23.7 Å². The second-order valence-electron chi connectivity index (χ2n) is 10.7. The minimum absolute atomic E-state index is 0.254. The van der Waals surface area contributed by atoms with E-state index in [1.165, 1.54) is 39.9 Å². The Morgan fingerprint density at radius 3 is 2.28 bits per heavy atom. The maximum absolute atomic E-state index is 12.5. The summed E-state index contributed by atoms with van der Waals surface area (Å²) in [5.74, 6) is -0.277. The molecule has 0 aliphatic heterocycles. The molecule has 4 heteroatoms. The first-order valence-electron chi connectivity index (χ1n) is 15.6. The largest absolute Gasteiger partial charge is 0.505 e. The lowest BCUT2D eigenvalue weighted by molar-refractivity contribution is 0.431. The van der Waals surface area contributed by atoms with Crippen molar-refractivity contribution >= 4 is 11.4 Å². The van der Waals surface area contributed by atoms with Gasteiger partial charge in [0.1, 0.15) is 0 Å². The number of aryl methyl sites for hydroxylation is 2. The van der Waals surface area contributed by atoms with Crippen molar-refractivity contribution in [3.63, 3.8) is 0 Å². The van der Waals surface area contributed by atoms with Gasteiger partial charge in [-0.3, -0.25) is 9.98 Å². The Kier molecular flexibility index (Phi) is 15.1. The van der Waals surface area contributed by atoms with Crippen molar-refractivity contribution in [2.24, 2.45) is 4.99 Å². The van der Waals surface area contributed by atoms with Crippen molar-refractivity contribution in [3.05, 3.63) is 125 Å². The first-order chi connectivity index (χ1) is 20.7. The summed E-state index contributed by atoms with van der Waals surface area (Å²) in [4.78, 5) is 9.26. The molecule has 0 aliphatic carbocycles. The number of hydrogen-bond donors (Lipinski definition) is 1. The molecule has 0 saturated heterocycles. The number of phenolic OH excluding ortho intramolecular Hbond substituents is 1. The van der Waals surface area contributed by atoms with Crippen LogP contribution in [0.15, 0.2) is 96.3 Å². The highest BCUT2D eigenvalue weighted by atomic mass is 19.1. The first-order valence-corrected chi connectivity index (χ1v) is 15.6. The number of rotatable bonds is 9. The molecule has 0 saturated carbocycles. The number of halogens is 1. The van der Waals surface area contributed by atoms with E-state index in [4.69, 9.17) is 10.1 Å². The van der Waals surface area contributed by atoms with E-state index in [1.807, 2.05) is 33.0 Å². The summed E-state index contributed by atoms with van der Waals surface area (Å²) >= 11 is 0. The predicted molar refractivity (Wildman–Crippen MR) is 183 cm³/mol. The van der Waals surface area contributed by atoms with Crippen LogP contribution in [0.4, 0.5) is 4.39 Å². The maximum atomic E-state index is 12.5. The number of hydrogen-bond acceptors (Lipinski definition) is 3. The zero-order chi connectivity index (χ0) is 31.8. The minimum atomic E-state index is -0.551. The molecule has 0 atom stereocenters. The van der Waals surface area contributed by atoms with Gasteiger partial charge in [-0.1, -0.05) is 109 Å². The first kappa shape index (κ1) is 35.1. The van der Waals surface area contributed by atoms with Crippen molar-refractivity contribution < 1.29 is 9.50 Å². The predicted octanol–water partition coefficient (Wildman–Crippen LogP) is 11.3. The Hall–Kier alpha value is -4.05. The summed E-state index contributed by atoms with van der Waals surface area (Å²) < 4.78 is 12.5. The second kappa shape index (κ2) is 18.5. The van der Waals surface area contributed by atoms with E-state index in [-0.39, 0.29) is 5.75 Å². The van der Waals surface area contributed by atoms with E-state index < -0.39 is 5.82 Å². The number of aliphatic imine (C=N–C) groups is 1. The van der Waals surface area contributed by atoms with Gasteiger partial charge >= 0.3 is 0 Å². The van der Waals surface area contributed by atoms with Crippen molar-refractivity contribution in [3.8, 4) is 16.9 Å². The molecule has 0 fully saturated rings. The molecule has 3 aromatic carbocycles. The van der Waals surface area contributed by atoms with Gasteiger partial charge in [0.15, 0.2) is 11.6 Å². The van der Waals surface area contributed by atoms with Crippen molar-refractivity contribution in [2.75, 3.05) is 0 Å². The smallest absolute Gasteiger partial charge is 0.164 e. The Morgan fingerprint density at radius 2 is 1.67 bits per heavy atom. The number of benzene rings is 3. The molecule has 3 nitrogen and oxygen atoms in total. The van der Waals surface area contributed by atoms with Gasteiger partial charge < -0.3 is 5.11 Å². The Bertz CT molecular complexity index is 1470. The van der Waals surface area contributed by atoms with E-state index >= 15 is 0 Å². The zero-order valence-electron chi connectivity index (χ0n) is 27.3. The third kappa shape index (κ3) is 10.9. The minimum Gasteiger partial charge on any atom is -0.505 e. The summed E-state index contributed by atoms with van der Waals surface area (Å²) in [5, 5.41) is 8.95. The summed E-state index contributed by atoms with van der Waals surface area (Å²) in [7, 11) is 0. The van der Waals surface area contributed by atoms with Crippen LogP contribution in [0.2, 0.25) is 0 Å². The van der Waals surface area contributed by atoms with Gasteiger partial charge in [-0.2, -0.15) is 0 Å². The van der Waals surface area contributed by atoms with Crippen LogP contribution in [-0.4, -0.2) is 15.8 Å². The van der Waals surface area contributed by atoms with Gasteiger partial charge in [-0.05, 0) is 90.3 Å². The summed E-state index contributed by atoms with van der Waals surface area (Å²) in [6.07, 6.45) is 9.89. The third-order valence-corrected chi connectivity index (χ3v) is 6.92. The van der Waals surface area contributed by atoms with E-state index in [0.29, 0.717) is 5.92 Å². The van der Waals surface area contributed by atoms with Gasteiger partial charge in [-0.25, -0.2) is 4.39 Å². The molecule has 228 valence electrons. The fourth-order valence-electron chi connectivity index (χ4n) is 4.59. The molecule has 1 N–H and O–H groups in total. The van der Waals surface area contributed by atoms with E-state index in [1.54, 1.807) is 12.3 Å². The maximum Gasteiger partial charge on any atom is 0.164 e. The fraction of sp³-hybridized carbons (Fsp3) is 0.333. The molecule has 0 aliphatic rings. The highest BCUT2D eigenvalue weighted by molar-refractivity contribution is 6.03. The van der Waals surface area contributed by atoms with Crippen LogP contribution in [0.3, 0.4) is 0 Å². The molecule has 43 heavy (non-hydrogen) atoms. The molecule has 0 spiro atoms.